The molecule has 3 nitrogen and oxygen atoms in total. The molecule has 6 aliphatic rings. The number of hydrogen-bond acceptors (Lipinski definition) is 2. The molecule has 0 N–H and O–H groups in total. The Morgan fingerprint density at radius 2 is 1.08 bits per heavy atom. The second-order valence-electron chi connectivity index (χ2n) is 20.6. The second-order valence-corrected chi connectivity index (χ2v) is 20.6. The van der Waals surface area contributed by atoms with Gasteiger partial charge in [0.2, 0.25) is 0 Å². The summed E-state index contributed by atoms with van der Waals surface area (Å²) in [6.07, 6.45) is 3.87. The standard InChI is InChI=1S/C63H48N2O/c1-37(2)62-29-27-61(3,28-30-62)51-34-47-48-32-42(63(39-17-7-4-8-18-39,40-19-9-5-10-20-40)41-21-11-6-12-22-41)33-50-57-53(65(59(48)50)52(47)35-49(51)60(62)66)31-38(36-64)54-55-43-23-13-15-25-45(43)56(58(54)57)46-26-16-14-24-44(46)55/h4-26,31-35,37,55-56H,27-30H2,1-3H3. The van der Waals surface area contributed by atoms with E-state index in [0.29, 0.717) is 5.78 Å². The van der Waals surface area contributed by atoms with Gasteiger partial charge in [-0.25, -0.2) is 0 Å². The summed E-state index contributed by atoms with van der Waals surface area (Å²) >= 11 is 0. The minimum Gasteiger partial charge on any atom is -0.308 e. The number of nitriles is 1. The fourth-order valence-electron chi connectivity index (χ4n) is 14.3. The zero-order valence-electron chi connectivity index (χ0n) is 37.5. The number of aromatic nitrogens is 1. The lowest BCUT2D eigenvalue weighted by molar-refractivity contribution is 0.0543. The molecule has 0 unspecified atom stereocenters. The Morgan fingerprint density at radius 1 is 0.576 bits per heavy atom. The van der Waals surface area contributed by atoms with Gasteiger partial charge in [0.1, 0.15) is 0 Å². The maximum atomic E-state index is 15.3. The molecule has 3 heteroatoms. The van der Waals surface area contributed by atoms with E-state index in [1.807, 2.05) is 0 Å². The molecule has 16 rings (SSSR count). The summed E-state index contributed by atoms with van der Waals surface area (Å²) in [5, 5.41) is 16.1. The Labute approximate surface area is 385 Å². The van der Waals surface area contributed by atoms with Gasteiger partial charge in [-0.05, 0) is 129 Å². The smallest absolute Gasteiger partial charge is 0.169 e. The van der Waals surface area contributed by atoms with E-state index < -0.39 is 5.41 Å². The predicted octanol–water partition coefficient (Wildman–Crippen LogP) is 14.7. The molecule has 1 fully saturated rings. The molecule has 0 amide bonds. The third kappa shape index (κ3) is 4.55. The van der Waals surface area contributed by atoms with Crippen molar-refractivity contribution >= 4 is 43.9 Å². The van der Waals surface area contributed by atoms with Gasteiger partial charge in [0.15, 0.2) is 5.78 Å². The lowest BCUT2D eigenvalue weighted by atomic mass is 9.59. The molecule has 0 saturated heterocycles. The van der Waals surface area contributed by atoms with Gasteiger partial charge in [-0.15, -0.1) is 0 Å². The quantitative estimate of drug-likeness (QED) is 0.162. The van der Waals surface area contributed by atoms with E-state index >= 15 is 4.79 Å². The highest BCUT2D eigenvalue weighted by atomic mass is 16.1. The Morgan fingerprint density at radius 3 is 1.59 bits per heavy atom. The first-order valence-corrected chi connectivity index (χ1v) is 24.0. The summed E-state index contributed by atoms with van der Waals surface area (Å²) in [6.45, 7) is 6.93. The van der Waals surface area contributed by atoms with Crippen molar-refractivity contribution in [3.8, 4) is 6.07 Å². The Bertz CT molecular complexity index is 3590. The van der Waals surface area contributed by atoms with Crippen LogP contribution in [0.5, 0.6) is 0 Å². The van der Waals surface area contributed by atoms with Gasteiger partial charge < -0.3 is 4.40 Å². The molecule has 0 spiro atoms. The van der Waals surface area contributed by atoms with E-state index in [4.69, 9.17) is 0 Å². The molecule has 66 heavy (non-hydrogen) atoms. The zero-order valence-corrected chi connectivity index (χ0v) is 37.5. The van der Waals surface area contributed by atoms with Crippen LogP contribution in [0.15, 0.2) is 170 Å². The van der Waals surface area contributed by atoms with Crippen LogP contribution in [0.1, 0.15) is 135 Å². The van der Waals surface area contributed by atoms with Crippen LogP contribution < -0.4 is 0 Å². The molecular formula is C63H48N2O. The topological polar surface area (TPSA) is 45.3 Å². The summed E-state index contributed by atoms with van der Waals surface area (Å²) in [6, 6.07) is 65.7. The molecule has 0 atom stereocenters. The predicted molar refractivity (Wildman–Crippen MR) is 266 cm³/mol. The van der Waals surface area contributed by atoms with E-state index in [9.17, 15) is 5.26 Å². The van der Waals surface area contributed by atoms with Gasteiger partial charge in [-0.1, -0.05) is 160 Å². The number of benzene rings is 8. The first-order valence-electron chi connectivity index (χ1n) is 24.0. The average molecular weight is 849 g/mol. The van der Waals surface area contributed by atoms with Crippen molar-refractivity contribution in [1.29, 1.82) is 5.26 Å². The fraction of sp³-hybridized carbons (Fsp3) is 0.206. The molecular weight excluding hydrogens is 801 g/mol. The summed E-state index contributed by atoms with van der Waals surface area (Å²) in [5.74, 6) is 0.468. The summed E-state index contributed by atoms with van der Waals surface area (Å²) in [5.41, 5.74) is 17.4. The van der Waals surface area contributed by atoms with Crippen LogP contribution in [0, 0.1) is 22.7 Å². The van der Waals surface area contributed by atoms with Crippen molar-refractivity contribution < 1.29 is 4.79 Å². The maximum Gasteiger partial charge on any atom is 0.169 e. The van der Waals surface area contributed by atoms with Crippen LogP contribution in [0.3, 0.4) is 0 Å². The first-order chi connectivity index (χ1) is 32.3. The number of fused-ring (bicyclic) bond motifs is 8. The van der Waals surface area contributed by atoms with E-state index in [0.717, 1.165) is 58.9 Å². The van der Waals surface area contributed by atoms with Gasteiger partial charge in [-0.3, -0.25) is 4.79 Å². The highest BCUT2D eigenvalue weighted by Crippen LogP contribution is 2.61. The lowest BCUT2D eigenvalue weighted by Gasteiger charge is -2.43. The van der Waals surface area contributed by atoms with Crippen molar-refractivity contribution in [1.82, 2.24) is 4.40 Å². The van der Waals surface area contributed by atoms with Crippen LogP contribution in [0.25, 0.3) is 38.1 Å². The van der Waals surface area contributed by atoms with Crippen LogP contribution in [0.4, 0.5) is 0 Å². The minimum atomic E-state index is -0.688. The maximum absolute atomic E-state index is 15.3. The van der Waals surface area contributed by atoms with Crippen LogP contribution in [-0.4, -0.2) is 10.2 Å². The van der Waals surface area contributed by atoms with Crippen molar-refractivity contribution in [2.24, 2.45) is 11.3 Å². The molecule has 2 aromatic heterocycles. The molecule has 10 aromatic rings. The monoisotopic (exact) mass is 848 g/mol. The summed E-state index contributed by atoms with van der Waals surface area (Å²) < 4.78 is 2.46. The molecule has 316 valence electrons. The minimum absolute atomic E-state index is 0.0459. The van der Waals surface area contributed by atoms with Gasteiger partial charge in [0.25, 0.3) is 0 Å². The van der Waals surface area contributed by atoms with E-state index in [2.05, 4.69) is 201 Å². The number of hydrogen-bond donors (Lipinski definition) is 0. The molecule has 8 aromatic carbocycles. The highest BCUT2D eigenvalue weighted by molar-refractivity contribution is 6.26. The highest BCUT2D eigenvalue weighted by Gasteiger charge is 2.53. The third-order valence-corrected chi connectivity index (χ3v) is 17.6. The van der Waals surface area contributed by atoms with Crippen LogP contribution >= 0.6 is 0 Å². The van der Waals surface area contributed by atoms with Crippen molar-refractivity contribution in [2.45, 2.75) is 69.1 Å². The summed E-state index contributed by atoms with van der Waals surface area (Å²) in [7, 11) is 0. The zero-order chi connectivity index (χ0) is 44.3. The van der Waals surface area contributed by atoms with Gasteiger partial charge in [-0.2, -0.15) is 5.26 Å². The molecule has 0 radical (unpaired) electrons. The largest absolute Gasteiger partial charge is 0.308 e. The molecule has 0 aliphatic heterocycles. The number of carbonyl (C=O) groups excluding carboxylic acids is 1. The first kappa shape index (κ1) is 38.0. The SMILES string of the molecule is CC(C)C12CCC(C)(CC1)c1cc3c4cc(C(c5ccccc5)(c5ccccc5)c5ccccc5)cc5c6c7c(c(C#N)cc6n(c3cc1C2=O)c45)C1c2ccccc2C7c2ccccc21. The van der Waals surface area contributed by atoms with E-state index in [1.165, 1.54) is 77.2 Å². The van der Waals surface area contributed by atoms with Gasteiger partial charge in [0, 0.05) is 44.4 Å². The van der Waals surface area contributed by atoms with E-state index in [1.54, 1.807) is 0 Å². The van der Waals surface area contributed by atoms with Crippen molar-refractivity contribution in [2.75, 3.05) is 0 Å². The van der Waals surface area contributed by atoms with E-state index in [-0.39, 0.29) is 28.6 Å². The van der Waals surface area contributed by atoms with Gasteiger partial charge >= 0.3 is 0 Å². The fourth-order valence-corrected chi connectivity index (χ4v) is 14.3. The van der Waals surface area contributed by atoms with Gasteiger partial charge in [0.05, 0.1) is 33.6 Å². The molecule has 1 saturated carbocycles. The normalized spacial score (nSPS) is 21.6. The Hall–Kier alpha value is -7.28. The van der Waals surface area contributed by atoms with Crippen molar-refractivity contribution in [3.63, 3.8) is 0 Å². The second kappa shape index (κ2) is 13.2. The number of nitrogens with zero attached hydrogens (tertiary/aromatic N) is 2. The van der Waals surface area contributed by atoms with Crippen LogP contribution in [0.2, 0.25) is 0 Å². The van der Waals surface area contributed by atoms with Crippen molar-refractivity contribution in [3.05, 3.63) is 242 Å². The Balaban J connectivity index is 1.21. The number of rotatable bonds is 5. The lowest BCUT2D eigenvalue weighted by Crippen LogP contribution is -2.39. The number of carbonyl (C=O) groups is 1. The van der Waals surface area contributed by atoms with Crippen LogP contribution in [-0.2, 0) is 10.8 Å². The molecule has 6 aliphatic carbocycles. The number of ketones is 1. The summed E-state index contributed by atoms with van der Waals surface area (Å²) in [4.78, 5) is 15.3. The number of Topliss-reactive ketones (excluding diaryl/α,β-unsaturated/α-hetero) is 1. The third-order valence-electron chi connectivity index (χ3n) is 17.6. The molecule has 4 bridgehead atoms. The molecule has 2 heterocycles. The Kier molecular flexibility index (Phi) is 7.59. The average Bonchev–Trinajstić information content (AvgIpc) is 3.82.